The van der Waals surface area contributed by atoms with Crippen molar-refractivity contribution in [3.63, 3.8) is 0 Å². The second kappa shape index (κ2) is 6.22. The molecule has 0 saturated heterocycles. The van der Waals surface area contributed by atoms with Crippen LogP contribution in [-0.2, 0) is 4.79 Å². The Morgan fingerprint density at radius 1 is 1.45 bits per heavy atom. The molecule has 0 saturated carbocycles. The molecule has 0 aliphatic rings. The number of nitrogens with one attached hydrogen (secondary N) is 1. The molecule has 6 heteroatoms. The molecule has 0 fully saturated rings. The van der Waals surface area contributed by atoms with Gasteiger partial charge in [-0.05, 0) is 31.4 Å². The normalized spacial score (nSPS) is 13.9. The van der Waals surface area contributed by atoms with E-state index in [2.05, 4.69) is 5.32 Å². The average Bonchev–Trinajstić information content (AvgIpc) is 2.31. The van der Waals surface area contributed by atoms with Gasteiger partial charge in [-0.3, -0.25) is 9.59 Å². The lowest BCUT2D eigenvalue weighted by Gasteiger charge is -2.29. The van der Waals surface area contributed by atoms with Crippen LogP contribution in [0.2, 0.25) is 5.02 Å². The Morgan fingerprint density at radius 3 is 2.55 bits per heavy atom. The van der Waals surface area contributed by atoms with Crippen molar-refractivity contribution in [3.05, 3.63) is 34.6 Å². The van der Waals surface area contributed by atoms with Crippen molar-refractivity contribution in [2.24, 2.45) is 11.7 Å². The van der Waals surface area contributed by atoms with Crippen molar-refractivity contribution in [1.29, 1.82) is 0 Å². The number of primary amides is 1. The van der Waals surface area contributed by atoms with Crippen LogP contribution in [0, 0.1) is 11.7 Å². The van der Waals surface area contributed by atoms with Gasteiger partial charge in [0.15, 0.2) is 0 Å². The van der Waals surface area contributed by atoms with Crippen LogP contribution >= 0.6 is 11.6 Å². The fraction of sp³-hybridized carbons (Fsp3) is 0.429. The molecule has 110 valence electrons. The lowest BCUT2D eigenvalue weighted by atomic mass is 9.89. The van der Waals surface area contributed by atoms with Crippen LogP contribution in [0.25, 0.3) is 0 Å². The molecule has 0 unspecified atom stereocenters. The first-order valence-corrected chi connectivity index (χ1v) is 6.61. The Morgan fingerprint density at radius 2 is 2.05 bits per heavy atom. The molecule has 4 nitrogen and oxygen atoms in total. The maximum Gasteiger partial charge on any atom is 0.253 e. The molecule has 0 aliphatic carbocycles. The molecule has 0 bridgehead atoms. The summed E-state index contributed by atoms with van der Waals surface area (Å²) in [6.07, 6.45) is 0.376. The number of nitrogens with two attached hydrogens (primary N) is 1. The number of carbonyl (C=O) groups excluding carboxylic acids is 2. The number of rotatable bonds is 5. The summed E-state index contributed by atoms with van der Waals surface area (Å²) in [5.74, 6) is -1.82. The fourth-order valence-corrected chi connectivity index (χ4v) is 2.24. The zero-order valence-electron chi connectivity index (χ0n) is 11.7. The number of hydrogen-bond donors (Lipinski definition) is 2. The molecule has 0 heterocycles. The summed E-state index contributed by atoms with van der Waals surface area (Å²) in [5.41, 5.74) is 4.12. The molecule has 1 aromatic rings. The Kier molecular flexibility index (Phi) is 5.11. The number of hydrogen-bond acceptors (Lipinski definition) is 2. The molecular formula is C14H18ClFN2O2. The Balaban J connectivity index is 3.03. The third-order valence-corrected chi connectivity index (χ3v) is 3.33. The minimum absolute atomic E-state index is 0.0251. The van der Waals surface area contributed by atoms with Crippen molar-refractivity contribution < 1.29 is 14.0 Å². The van der Waals surface area contributed by atoms with E-state index in [1.165, 1.54) is 12.1 Å². The lowest BCUT2D eigenvalue weighted by molar-refractivity contribution is -0.124. The fourth-order valence-electron chi connectivity index (χ4n) is 2.03. The van der Waals surface area contributed by atoms with Crippen LogP contribution in [-0.4, -0.2) is 17.4 Å². The molecule has 3 N–H and O–H groups in total. The highest BCUT2D eigenvalue weighted by Crippen LogP contribution is 2.22. The highest BCUT2D eigenvalue weighted by Gasteiger charge is 2.34. The molecular weight excluding hydrogens is 283 g/mol. The van der Waals surface area contributed by atoms with Crippen molar-refractivity contribution in [2.75, 3.05) is 0 Å². The van der Waals surface area contributed by atoms with E-state index >= 15 is 0 Å². The first-order chi connectivity index (χ1) is 9.17. The Bertz CT molecular complexity index is 534. The van der Waals surface area contributed by atoms with E-state index in [9.17, 15) is 14.0 Å². The number of benzene rings is 1. The quantitative estimate of drug-likeness (QED) is 0.877. The van der Waals surface area contributed by atoms with Crippen LogP contribution < -0.4 is 11.1 Å². The summed E-state index contributed by atoms with van der Waals surface area (Å²) in [6.45, 7) is 5.35. The molecule has 0 aliphatic heterocycles. The first kappa shape index (κ1) is 16.4. The number of halogens is 2. The maximum absolute atomic E-state index is 13.3. The SMILES string of the molecule is CC(C)C[C@@](C)(NC(=O)c1cccc(F)c1Cl)C(N)=O. The van der Waals surface area contributed by atoms with E-state index in [0.717, 1.165) is 6.07 Å². The monoisotopic (exact) mass is 300 g/mol. The van der Waals surface area contributed by atoms with Crippen LogP contribution in [0.15, 0.2) is 18.2 Å². The molecule has 2 amide bonds. The van der Waals surface area contributed by atoms with Gasteiger partial charge in [-0.2, -0.15) is 0 Å². The predicted molar refractivity (Wildman–Crippen MR) is 75.9 cm³/mol. The second-order valence-corrected chi connectivity index (χ2v) is 5.73. The zero-order chi connectivity index (χ0) is 15.5. The van der Waals surface area contributed by atoms with Gasteiger partial charge in [0.05, 0.1) is 10.6 Å². The standard InChI is InChI=1S/C14H18ClFN2O2/c1-8(2)7-14(3,13(17)20)18-12(19)9-5-4-6-10(16)11(9)15/h4-6,8H,7H2,1-3H3,(H2,17,20)(H,18,19)/t14-/m1/s1. The summed E-state index contributed by atoms with van der Waals surface area (Å²) in [6, 6.07) is 3.91. The summed E-state index contributed by atoms with van der Waals surface area (Å²) in [7, 11) is 0. The van der Waals surface area contributed by atoms with Crippen LogP contribution in [0.5, 0.6) is 0 Å². The topological polar surface area (TPSA) is 72.2 Å². The van der Waals surface area contributed by atoms with Gasteiger partial charge in [0.25, 0.3) is 5.91 Å². The minimum Gasteiger partial charge on any atom is -0.368 e. The highest BCUT2D eigenvalue weighted by molar-refractivity contribution is 6.34. The molecule has 1 aromatic carbocycles. The second-order valence-electron chi connectivity index (χ2n) is 5.35. The minimum atomic E-state index is -1.21. The van der Waals surface area contributed by atoms with Gasteiger partial charge in [0, 0.05) is 0 Å². The van der Waals surface area contributed by atoms with Crippen molar-refractivity contribution in [2.45, 2.75) is 32.7 Å². The van der Waals surface area contributed by atoms with E-state index < -0.39 is 23.2 Å². The van der Waals surface area contributed by atoms with Crippen LogP contribution in [0.4, 0.5) is 4.39 Å². The van der Waals surface area contributed by atoms with Crippen molar-refractivity contribution >= 4 is 23.4 Å². The third-order valence-electron chi connectivity index (χ3n) is 2.95. The molecule has 0 radical (unpaired) electrons. The highest BCUT2D eigenvalue weighted by atomic mass is 35.5. The third kappa shape index (κ3) is 3.70. The van der Waals surface area contributed by atoms with Crippen molar-refractivity contribution in [1.82, 2.24) is 5.32 Å². The van der Waals surface area contributed by atoms with Gasteiger partial charge in [-0.15, -0.1) is 0 Å². The van der Waals surface area contributed by atoms with Crippen molar-refractivity contribution in [3.8, 4) is 0 Å². The summed E-state index contributed by atoms with van der Waals surface area (Å²) in [4.78, 5) is 23.7. The van der Waals surface area contributed by atoms with E-state index in [0.29, 0.717) is 6.42 Å². The molecule has 0 spiro atoms. The number of amides is 2. The van der Waals surface area contributed by atoms with Gasteiger partial charge in [-0.25, -0.2) is 4.39 Å². The summed E-state index contributed by atoms with van der Waals surface area (Å²) >= 11 is 5.75. The van der Waals surface area contributed by atoms with Crippen LogP contribution in [0.1, 0.15) is 37.6 Å². The Hall–Kier alpha value is -1.62. The van der Waals surface area contributed by atoms with Gasteiger partial charge in [-0.1, -0.05) is 31.5 Å². The molecule has 0 aromatic heterocycles. The first-order valence-electron chi connectivity index (χ1n) is 6.24. The van der Waals surface area contributed by atoms with Gasteiger partial charge in [0.1, 0.15) is 11.4 Å². The van der Waals surface area contributed by atoms with Gasteiger partial charge >= 0.3 is 0 Å². The predicted octanol–water partition coefficient (Wildman–Crippen LogP) is 2.50. The van der Waals surface area contributed by atoms with E-state index in [1.54, 1.807) is 6.92 Å². The maximum atomic E-state index is 13.3. The molecule has 1 rings (SSSR count). The largest absolute Gasteiger partial charge is 0.368 e. The van der Waals surface area contributed by atoms with Gasteiger partial charge in [0.2, 0.25) is 5.91 Å². The Labute approximate surface area is 122 Å². The lowest BCUT2D eigenvalue weighted by Crippen LogP contribution is -2.56. The number of carbonyl (C=O) groups is 2. The van der Waals surface area contributed by atoms with Crippen LogP contribution in [0.3, 0.4) is 0 Å². The molecule has 1 atom stereocenters. The van der Waals surface area contributed by atoms with E-state index in [-0.39, 0.29) is 16.5 Å². The van der Waals surface area contributed by atoms with E-state index in [1.807, 2.05) is 13.8 Å². The van der Waals surface area contributed by atoms with E-state index in [4.69, 9.17) is 17.3 Å². The zero-order valence-corrected chi connectivity index (χ0v) is 12.4. The molecule has 20 heavy (non-hydrogen) atoms. The summed E-state index contributed by atoms with van der Waals surface area (Å²) in [5, 5.41) is 2.27. The average molecular weight is 301 g/mol. The smallest absolute Gasteiger partial charge is 0.253 e. The summed E-state index contributed by atoms with van der Waals surface area (Å²) < 4.78 is 13.3. The van der Waals surface area contributed by atoms with Gasteiger partial charge < -0.3 is 11.1 Å².